The third kappa shape index (κ3) is 5.07. The Hall–Kier alpha value is -1.84. The molecule has 1 aliphatic heterocycles. The first-order valence-electron chi connectivity index (χ1n) is 11.5. The van der Waals surface area contributed by atoms with E-state index in [1.54, 1.807) is 0 Å². The van der Waals surface area contributed by atoms with E-state index >= 15 is 0 Å². The number of benzene rings is 2. The maximum absolute atomic E-state index is 13.0. The van der Waals surface area contributed by atoms with Gasteiger partial charge in [-0.3, -0.25) is 9.69 Å². The van der Waals surface area contributed by atoms with E-state index in [0.29, 0.717) is 0 Å². The Bertz CT molecular complexity index is 873. The van der Waals surface area contributed by atoms with Crippen LogP contribution in [-0.2, 0) is 24.2 Å². The molecule has 2 aromatic carbocycles. The summed E-state index contributed by atoms with van der Waals surface area (Å²) in [7, 11) is 0. The van der Waals surface area contributed by atoms with Gasteiger partial charge >= 0.3 is 0 Å². The second-order valence-electron chi connectivity index (χ2n) is 8.85. The fourth-order valence-electron chi connectivity index (χ4n) is 4.90. The van der Waals surface area contributed by atoms with E-state index in [2.05, 4.69) is 41.4 Å². The Morgan fingerprint density at radius 2 is 1.83 bits per heavy atom. The zero-order valence-electron chi connectivity index (χ0n) is 18.0. The molecule has 0 unspecified atom stereocenters. The first kappa shape index (κ1) is 21.4. The quantitative estimate of drug-likeness (QED) is 0.645. The minimum atomic E-state index is 0.110. The minimum absolute atomic E-state index is 0.110. The fourth-order valence-corrected chi connectivity index (χ4v) is 5.10. The number of hydrogen-bond donors (Lipinski definition) is 1. The number of rotatable bonds is 6. The van der Waals surface area contributed by atoms with Crippen molar-refractivity contribution in [2.45, 2.75) is 64.5 Å². The van der Waals surface area contributed by atoms with Gasteiger partial charge in [0.1, 0.15) is 0 Å². The fraction of sp³-hybridized carbons (Fsp3) is 0.500. The lowest BCUT2D eigenvalue weighted by Gasteiger charge is -2.32. The molecular weight excluding hydrogens is 392 g/mol. The Morgan fingerprint density at radius 1 is 1.10 bits per heavy atom. The van der Waals surface area contributed by atoms with Gasteiger partial charge in [-0.25, -0.2) is 0 Å². The van der Waals surface area contributed by atoms with Crippen molar-refractivity contribution in [2.75, 3.05) is 13.1 Å². The Labute approximate surface area is 185 Å². The number of halogens is 1. The molecule has 1 atom stereocenters. The average molecular weight is 425 g/mol. The summed E-state index contributed by atoms with van der Waals surface area (Å²) in [5.41, 5.74) is 5.42. The highest BCUT2D eigenvalue weighted by atomic mass is 35.5. The zero-order valence-corrected chi connectivity index (χ0v) is 18.8. The lowest BCUT2D eigenvalue weighted by Crippen LogP contribution is -2.41. The van der Waals surface area contributed by atoms with Crippen LogP contribution in [0.25, 0.3) is 0 Å². The molecule has 1 saturated heterocycles. The first-order chi connectivity index (χ1) is 14.6. The van der Waals surface area contributed by atoms with Crippen LogP contribution in [0.3, 0.4) is 0 Å². The lowest BCUT2D eigenvalue weighted by atomic mass is 9.88. The summed E-state index contributed by atoms with van der Waals surface area (Å²) < 4.78 is 0. The second-order valence-corrected chi connectivity index (χ2v) is 9.25. The molecule has 4 heteroatoms. The maximum atomic E-state index is 13.0. The summed E-state index contributed by atoms with van der Waals surface area (Å²) in [5, 5.41) is 4.18. The molecule has 4 rings (SSSR count). The van der Waals surface area contributed by atoms with Crippen LogP contribution >= 0.6 is 11.6 Å². The molecule has 3 nitrogen and oxygen atoms in total. The van der Waals surface area contributed by atoms with Crippen LogP contribution in [-0.4, -0.2) is 23.9 Å². The van der Waals surface area contributed by atoms with Gasteiger partial charge in [0.15, 0.2) is 0 Å². The zero-order chi connectivity index (χ0) is 20.9. The Kier molecular flexibility index (Phi) is 7.12. The number of nitrogens with one attached hydrogen (secondary N) is 1. The maximum Gasteiger partial charge on any atom is 0.223 e. The van der Waals surface area contributed by atoms with E-state index in [0.717, 1.165) is 43.9 Å². The molecule has 1 amide bonds. The number of piperidine rings is 1. The summed E-state index contributed by atoms with van der Waals surface area (Å²) >= 11 is 6.31. The third-order valence-corrected chi connectivity index (χ3v) is 7.18. The van der Waals surface area contributed by atoms with E-state index < -0.39 is 0 Å². The van der Waals surface area contributed by atoms with E-state index in [-0.39, 0.29) is 17.9 Å². The van der Waals surface area contributed by atoms with Crippen molar-refractivity contribution in [3.05, 3.63) is 69.7 Å². The van der Waals surface area contributed by atoms with Gasteiger partial charge in [-0.2, -0.15) is 0 Å². The van der Waals surface area contributed by atoms with Crippen molar-refractivity contribution < 1.29 is 4.79 Å². The van der Waals surface area contributed by atoms with Crippen molar-refractivity contribution in [1.82, 2.24) is 10.2 Å². The highest BCUT2D eigenvalue weighted by Gasteiger charge is 2.27. The topological polar surface area (TPSA) is 32.3 Å². The number of aryl methyl sites for hydroxylation is 2. The molecule has 0 spiro atoms. The predicted octanol–water partition coefficient (Wildman–Crippen LogP) is 5.70. The number of hydrogen-bond acceptors (Lipinski definition) is 2. The van der Waals surface area contributed by atoms with Crippen molar-refractivity contribution >= 4 is 17.5 Å². The third-order valence-electron chi connectivity index (χ3n) is 6.81. The van der Waals surface area contributed by atoms with Gasteiger partial charge in [0.25, 0.3) is 0 Å². The normalized spacial score (nSPS) is 18.6. The molecule has 1 heterocycles. The number of likely N-dealkylation sites (tertiary alicyclic amines) is 1. The Balaban J connectivity index is 1.32. The summed E-state index contributed by atoms with van der Waals surface area (Å²) in [6.45, 7) is 4.91. The van der Waals surface area contributed by atoms with Crippen molar-refractivity contribution in [2.24, 2.45) is 5.92 Å². The lowest BCUT2D eigenvalue weighted by molar-refractivity contribution is -0.127. The highest BCUT2D eigenvalue weighted by Crippen LogP contribution is 2.27. The second kappa shape index (κ2) is 9.98. The van der Waals surface area contributed by atoms with Crippen LogP contribution < -0.4 is 5.32 Å². The molecule has 0 bridgehead atoms. The van der Waals surface area contributed by atoms with Gasteiger partial charge in [-0.15, -0.1) is 0 Å². The number of fused-ring (bicyclic) bond motifs is 1. The van der Waals surface area contributed by atoms with E-state index in [1.165, 1.54) is 47.9 Å². The molecule has 1 fully saturated rings. The van der Waals surface area contributed by atoms with E-state index in [4.69, 9.17) is 11.6 Å². The largest absolute Gasteiger partial charge is 0.349 e. The molecule has 1 aliphatic carbocycles. The number of carbonyl (C=O) groups excluding carboxylic acids is 1. The molecule has 2 aromatic rings. The Morgan fingerprint density at radius 3 is 2.57 bits per heavy atom. The molecule has 30 heavy (non-hydrogen) atoms. The van der Waals surface area contributed by atoms with Crippen LogP contribution in [0.5, 0.6) is 0 Å². The summed E-state index contributed by atoms with van der Waals surface area (Å²) in [5.74, 6) is 0.330. The molecule has 0 aromatic heterocycles. The van der Waals surface area contributed by atoms with Crippen LogP contribution in [0.2, 0.25) is 5.02 Å². The predicted molar refractivity (Wildman–Crippen MR) is 124 cm³/mol. The van der Waals surface area contributed by atoms with Gasteiger partial charge in [-0.1, -0.05) is 54.9 Å². The van der Waals surface area contributed by atoms with Gasteiger partial charge in [0, 0.05) is 17.5 Å². The van der Waals surface area contributed by atoms with Crippen molar-refractivity contribution in [3.8, 4) is 0 Å². The minimum Gasteiger partial charge on any atom is -0.349 e. The van der Waals surface area contributed by atoms with Crippen LogP contribution in [0, 0.1) is 5.92 Å². The standard InChI is InChI=1S/C26H33ClN2O/c1-2-25(22-12-11-19-7-3-4-8-21(19)17-22)28-26(30)20-13-15-29(16-14-20)18-23-9-5-6-10-24(23)27/h5-6,9-12,17,20,25H,2-4,7-8,13-16,18H2,1H3,(H,28,30)/t25-/m1/s1. The SMILES string of the molecule is CC[C@@H](NC(=O)C1CCN(Cc2ccccc2Cl)CC1)c1ccc2c(c1)CCCC2. The summed E-state index contributed by atoms with van der Waals surface area (Å²) in [6.07, 6.45) is 7.72. The molecular formula is C26H33ClN2O. The number of amides is 1. The van der Waals surface area contributed by atoms with E-state index in [9.17, 15) is 4.79 Å². The monoisotopic (exact) mass is 424 g/mol. The van der Waals surface area contributed by atoms with Gasteiger partial charge in [0.05, 0.1) is 6.04 Å². The van der Waals surface area contributed by atoms with Crippen LogP contribution in [0.4, 0.5) is 0 Å². The van der Waals surface area contributed by atoms with E-state index in [1.807, 2.05) is 18.2 Å². The number of carbonyl (C=O) groups is 1. The molecule has 1 N–H and O–H groups in total. The number of nitrogens with zero attached hydrogens (tertiary/aromatic N) is 1. The molecule has 0 saturated carbocycles. The van der Waals surface area contributed by atoms with Crippen LogP contribution in [0.1, 0.15) is 67.3 Å². The molecule has 2 aliphatic rings. The van der Waals surface area contributed by atoms with Crippen molar-refractivity contribution in [1.29, 1.82) is 0 Å². The van der Waals surface area contributed by atoms with Crippen LogP contribution in [0.15, 0.2) is 42.5 Å². The van der Waals surface area contributed by atoms with Gasteiger partial charge in [0.2, 0.25) is 5.91 Å². The smallest absolute Gasteiger partial charge is 0.223 e. The molecule has 160 valence electrons. The van der Waals surface area contributed by atoms with Gasteiger partial charge in [-0.05, 0) is 86.4 Å². The summed E-state index contributed by atoms with van der Waals surface area (Å²) in [6, 6.07) is 15.0. The highest BCUT2D eigenvalue weighted by molar-refractivity contribution is 6.31. The first-order valence-corrected chi connectivity index (χ1v) is 11.9. The average Bonchev–Trinajstić information content (AvgIpc) is 2.79. The van der Waals surface area contributed by atoms with Crippen molar-refractivity contribution in [3.63, 3.8) is 0 Å². The molecule has 0 radical (unpaired) electrons. The van der Waals surface area contributed by atoms with Gasteiger partial charge < -0.3 is 5.32 Å². The summed E-state index contributed by atoms with van der Waals surface area (Å²) in [4.78, 5) is 15.4.